The van der Waals surface area contributed by atoms with Crippen LogP contribution in [0.1, 0.15) is 26.2 Å². The second-order valence-electron chi connectivity index (χ2n) is 3.90. The van der Waals surface area contributed by atoms with E-state index in [-0.39, 0.29) is 19.0 Å². The molecule has 0 fully saturated rings. The van der Waals surface area contributed by atoms with Crippen molar-refractivity contribution >= 4 is 9.84 Å². The van der Waals surface area contributed by atoms with E-state index in [1.807, 2.05) is 6.92 Å². The van der Waals surface area contributed by atoms with Crippen LogP contribution in [0.2, 0.25) is 0 Å². The molecule has 0 aromatic carbocycles. The summed E-state index contributed by atoms with van der Waals surface area (Å²) < 4.78 is 21.7. The fourth-order valence-corrected chi connectivity index (χ4v) is 1.99. The first-order valence-corrected chi connectivity index (χ1v) is 6.84. The average molecular weight is 224 g/mol. The van der Waals surface area contributed by atoms with Gasteiger partial charge in [-0.05, 0) is 19.3 Å². The quantitative estimate of drug-likeness (QED) is 0.647. The summed E-state index contributed by atoms with van der Waals surface area (Å²) in [4.78, 5) is 0. The Hall–Kier alpha value is -0.130. The van der Waals surface area contributed by atoms with E-state index in [4.69, 9.17) is 10.2 Å². The van der Waals surface area contributed by atoms with Gasteiger partial charge in [0.2, 0.25) is 0 Å². The van der Waals surface area contributed by atoms with E-state index in [0.29, 0.717) is 19.3 Å². The van der Waals surface area contributed by atoms with Gasteiger partial charge in [0.15, 0.2) is 0 Å². The van der Waals surface area contributed by atoms with Gasteiger partial charge in [0.25, 0.3) is 0 Å². The zero-order valence-electron chi connectivity index (χ0n) is 8.86. The lowest BCUT2D eigenvalue weighted by molar-refractivity contribution is 0.0434. The Labute approximate surface area is 85.9 Å². The van der Waals surface area contributed by atoms with Crippen molar-refractivity contribution in [3.05, 3.63) is 0 Å². The molecule has 0 aliphatic heterocycles. The molecule has 0 spiro atoms. The Balaban J connectivity index is 4.08. The van der Waals surface area contributed by atoms with Crippen molar-refractivity contribution in [2.24, 2.45) is 5.41 Å². The summed E-state index contributed by atoms with van der Waals surface area (Å²) in [6.07, 6.45) is 2.89. The van der Waals surface area contributed by atoms with Gasteiger partial charge in [0.1, 0.15) is 9.84 Å². The minimum absolute atomic E-state index is 0.0935. The van der Waals surface area contributed by atoms with E-state index >= 15 is 0 Å². The van der Waals surface area contributed by atoms with E-state index in [1.165, 1.54) is 6.26 Å². The van der Waals surface area contributed by atoms with Crippen molar-refractivity contribution < 1.29 is 18.6 Å². The van der Waals surface area contributed by atoms with Gasteiger partial charge < -0.3 is 10.2 Å². The summed E-state index contributed by atoms with van der Waals surface area (Å²) in [6, 6.07) is 0. The van der Waals surface area contributed by atoms with Crippen LogP contribution in [0.3, 0.4) is 0 Å². The van der Waals surface area contributed by atoms with Gasteiger partial charge in [0, 0.05) is 17.4 Å². The maximum absolute atomic E-state index is 10.9. The summed E-state index contributed by atoms with van der Waals surface area (Å²) in [5, 5.41) is 18.2. The minimum atomic E-state index is -2.93. The SMILES string of the molecule is CCC(CO)(CO)CCCS(C)(=O)=O. The van der Waals surface area contributed by atoms with Gasteiger partial charge in [0.05, 0.1) is 13.2 Å². The van der Waals surface area contributed by atoms with Gasteiger partial charge in [-0.3, -0.25) is 0 Å². The molecule has 0 aliphatic carbocycles. The fourth-order valence-electron chi connectivity index (χ4n) is 1.32. The molecule has 0 amide bonds. The third-order valence-corrected chi connectivity index (χ3v) is 3.67. The third-order valence-electron chi connectivity index (χ3n) is 2.64. The Kier molecular flexibility index (Phi) is 5.63. The van der Waals surface area contributed by atoms with Crippen molar-refractivity contribution in [2.45, 2.75) is 26.2 Å². The fraction of sp³-hybridized carbons (Fsp3) is 1.00. The molecular weight excluding hydrogens is 204 g/mol. The van der Waals surface area contributed by atoms with Gasteiger partial charge >= 0.3 is 0 Å². The molecule has 0 saturated carbocycles. The summed E-state index contributed by atoms with van der Waals surface area (Å²) in [6.45, 7) is 1.69. The molecule has 2 N–H and O–H groups in total. The van der Waals surface area contributed by atoms with Crippen LogP contribution in [-0.4, -0.2) is 43.9 Å². The van der Waals surface area contributed by atoms with Crippen molar-refractivity contribution in [3.8, 4) is 0 Å². The van der Waals surface area contributed by atoms with Gasteiger partial charge in [-0.2, -0.15) is 0 Å². The van der Waals surface area contributed by atoms with Crippen LogP contribution in [0.15, 0.2) is 0 Å². The first kappa shape index (κ1) is 13.9. The van der Waals surface area contributed by atoms with Crippen molar-refractivity contribution in [3.63, 3.8) is 0 Å². The zero-order valence-corrected chi connectivity index (χ0v) is 9.68. The zero-order chi connectivity index (χ0) is 11.2. The minimum Gasteiger partial charge on any atom is -0.396 e. The molecule has 14 heavy (non-hydrogen) atoms. The predicted octanol–water partition coefficient (Wildman–Crippen LogP) is 0.192. The highest BCUT2D eigenvalue weighted by Crippen LogP contribution is 2.26. The smallest absolute Gasteiger partial charge is 0.147 e. The summed E-state index contributed by atoms with van der Waals surface area (Å²) in [5.74, 6) is 0.120. The van der Waals surface area contributed by atoms with E-state index < -0.39 is 15.3 Å². The van der Waals surface area contributed by atoms with Crippen LogP contribution < -0.4 is 0 Å². The number of sulfone groups is 1. The maximum Gasteiger partial charge on any atom is 0.147 e. The molecule has 0 aliphatic rings. The molecule has 0 rings (SSSR count). The highest BCUT2D eigenvalue weighted by molar-refractivity contribution is 7.90. The average Bonchev–Trinajstić information content (AvgIpc) is 2.11. The Morgan fingerprint density at radius 3 is 2.00 bits per heavy atom. The number of aliphatic hydroxyl groups excluding tert-OH is 2. The molecule has 0 aromatic rings. The number of aliphatic hydroxyl groups is 2. The lowest BCUT2D eigenvalue weighted by Crippen LogP contribution is -2.29. The molecule has 0 saturated heterocycles. The third kappa shape index (κ3) is 4.93. The predicted molar refractivity (Wildman–Crippen MR) is 55.8 cm³/mol. The van der Waals surface area contributed by atoms with E-state index in [2.05, 4.69) is 0 Å². The maximum atomic E-state index is 10.9. The normalized spacial score (nSPS) is 13.1. The topological polar surface area (TPSA) is 74.6 Å². The van der Waals surface area contributed by atoms with Crippen LogP contribution in [0.5, 0.6) is 0 Å². The lowest BCUT2D eigenvalue weighted by Gasteiger charge is -2.27. The van der Waals surface area contributed by atoms with E-state index in [0.717, 1.165) is 0 Å². The first-order valence-electron chi connectivity index (χ1n) is 4.78. The molecule has 4 nitrogen and oxygen atoms in total. The second-order valence-corrected chi connectivity index (χ2v) is 6.16. The standard InChI is InChI=1S/C9H20O4S/c1-3-9(7-10,8-11)5-4-6-14(2,12)13/h10-11H,3-8H2,1-2H3. The number of hydrogen-bond donors (Lipinski definition) is 2. The van der Waals surface area contributed by atoms with Gasteiger partial charge in [-0.1, -0.05) is 6.92 Å². The van der Waals surface area contributed by atoms with Crippen LogP contribution in [0.4, 0.5) is 0 Å². The molecule has 0 aromatic heterocycles. The summed E-state index contributed by atoms with van der Waals surface area (Å²) >= 11 is 0. The Morgan fingerprint density at radius 2 is 1.71 bits per heavy atom. The van der Waals surface area contributed by atoms with Crippen LogP contribution >= 0.6 is 0 Å². The van der Waals surface area contributed by atoms with Crippen LogP contribution in [0, 0.1) is 5.41 Å². The molecular formula is C9H20O4S. The van der Waals surface area contributed by atoms with Gasteiger partial charge in [-0.15, -0.1) is 0 Å². The van der Waals surface area contributed by atoms with E-state index in [1.54, 1.807) is 0 Å². The van der Waals surface area contributed by atoms with E-state index in [9.17, 15) is 8.42 Å². The van der Waals surface area contributed by atoms with Crippen molar-refractivity contribution in [1.82, 2.24) is 0 Å². The highest BCUT2D eigenvalue weighted by Gasteiger charge is 2.26. The Bertz CT molecular complexity index is 233. The largest absolute Gasteiger partial charge is 0.396 e. The molecule has 0 heterocycles. The molecule has 0 atom stereocenters. The first-order chi connectivity index (χ1) is 6.39. The number of hydrogen-bond acceptors (Lipinski definition) is 4. The highest BCUT2D eigenvalue weighted by atomic mass is 32.2. The number of rotatable bonds is 7. The van der Waals surface area contributed by atoms with Crippen LogP contribution in [0.25, 0.3) is 0 Å². The lowest BCUT2D eigenvalue weighted by atomic mass is 9.82. The van der Waals surface area contributed by atoms with Crippen molar-refractivity contribution in [1.29, 1.82) is 0 Å². The van der Waals surface area contributed by atoms with Crippen molar-refractivity contribution in [2.75, 3.05) is 25.2 Å². The summed E-state index contributed by atoms with van der Waals surface area (Å²) in [5.41, 5.74) is -0.509. The molecule has 0 unspecified atom stereocenters. The van der Waals surface area contributed by atoms with Gasteiger partial charge in [-0.25, -0.2) is 8.42 Å². The second kappa shape index (κ2) is 5.68. The molecule has 86 valence electrons. The monoisotopic (exact) mass is 224 g/mol. The summed E-state index contributed by atoms with van der Waals surface area (Å²) in [7, 11) is -2.93. The Morgan fingerprint density at radius 1 is 1.21 bits per heavy atom. The molecule has 0 radical (unpaired) electrons. The molecule has 5 heteroatoms. The van der Waals surface area contributed by atoms with Crippen LogP contribution in [-0.2, 0) is 9.84 Å². The molecule has 0 bridgehead atoms.